The minimum Gasteiger partial charge on any atom is -0.454 e. The number of carbonyl (C=O) groups is 2. The first-order valence-corrected chi connectivity index (χ1v) is 13.9. The fourth-order valence-electron chi connectivity index (χ4n) is 3.56. The Morgan fingerprint density at radius 2 is 1.80 bits per heavy atom. The number of nitrogens with zero attached hydrogens (tertiary/aromatic N) is 2. The molecule has 0 fully saturated rings. The molecule has 35 heavy (non-hydrogen) atoms. The number of nitrogens with one attached hydrogen (secondary N) is 1. The maximum absolute atomic E-state index is 13.5. The highest BCUT2D eigenvalue weighted by Crippen LogP contribution is 2.36. The number of amides is 2. The smallest absolute Gasteiger partial charge is 0.244 e. The average Bonchev–Trinajstić information content (AvgIpc) is 3.29. The molecule has 11 heteroatoms. The molecule has 2 amide bonds. The van der Waals surface area contributed by atoms with E-state index in [1.165, 1.54) is 11.0 Å². The molecule has 0 aliphatic carbocycles. The Balaban J connectivity index is 1.87. The van der Waals surface area contributed by atoms with E-state index in [0.29, 0.717) is 18.0 Å². The van der Waals surface area contributed by atoms with E-state index in [0.717, 1.165) is 33.4 Å². The van der Waals surface area contributed by atoms with E-state index in [4.69, 9.17) is 9.47 Å². The van der Waals surface area contributed by atoms with Crippen molar-refractivity contribution in [1.82, 2.24) is 10.2 Å². The van der Waals surface area contributed by atoms with E-state index >= 15 is 0 Å². The summed E-state index contributed by atoms with van der Waals surface area (Å²) in [5, 5.41) is 2.85. The molecule has 0 saturated heterocycles. The first-order chi connectivity index (χ1) is 16.6. The SMILES string of the molecule is CCCCNC(=O)[C@H](C)N(Cc1ccc(Br)cc1)C(=O)CN(c1ccc2c(c1)OCO2)S(C)(=O)=O. The molecular weight excluding hydrogens is 538 g/mol. The normalized spacial score (nSPS) is 13.3. The molecule has 1 aliphatic rings. The number of fused-ring (bicyclic) bond motifs is 1. The number of hydrogen-bond donors (Lipinski definition) is 1. The largest absolute Gasteiger partial charge is 0.454 e. The van der Waals surface area contributed by atoms with E-state index in [-0.39, 0.29) is 24.9 Å². The number of hydrogen-bond acceptors (Lipinski definition) is 6. The second-order valence-electron chi connectivity index (χ2n) is 8.28. The van der Waals surface area contributed by atoms with Gasteiger partial charge >= 0.3 is 0 Å². The summed E-state index contributed by atoms with van der Waals surface area (Å²) in [6.45, 7) is 3.89. The fraction of sp³-hybridized carbons (Fsp3) is 0.417. The molecular formula is C24H30BrN3O6S. The van der Waals surface area contributed by atoms with Crippen LogP contribution in [0.5, 0.6) is 11.5 Å². The van der Waals surface area contributed by atoms with Crippen LogP contribution in [0.1, 0.15) is 32.3 Å². The molecule has 0 saturated carbocycles. The second kappa shape index (κ2) is 11.8. The summed E-state index contributed by atoms with van der Waals surface area (Å²) in [5.74, 6) is 0.105. The number of halogens is 1. The molecule has 9 nitrogen and oxygen atoms in total. The zero-order valence-corrected chi connectivity index (χ0v) is 22.4. The number of carbonyl (C=O) groups excluding carboxylic acids is 2. The van der Waals surface area contributed by atoms with Crippen LogP contribution >= 0.6 is 15.9 Å². The van der Waals surface area contributed by atoms with Crippen LogP contribution in [-0.4, -0.2) is 57.3 Å². The Bertz CT molecular complexity index is 1160. The standard InChI is InChI=1S/C24H30BrN3O6S/c1-4-5-12-26-24(30)17(2)27(14-18-6-8-19(25)9-7-18)23(29)15-28(35(3,31)32)20-10-11-21-22(13-20)34-16-33-21/h6-11,13,17H,4-5,12,14-16H2,1-3H3,(H,26,30)/t17-/m0/s1. The Morgan fingerprint density at radius 1 is 1.11 bits per heavy atom. The third-order valence-corrected chi connectivity index (χ3v) is 7.26. The van der Waals surface area contributed by atoms with Crippen LogP contribution in [0.2, 0.25) is 0 Å². The van der Waals surface area contributed by atoms with E-state index in [9.17, 15) is 18.0 Å². The van der Waals surface area contributed by atoms with Gasteiger partial charge in [-0.2, -0.15) is 0 Å². The first kappa shape index (κ1) is 26.8. The summed E-state index contributed by atoms with van der Waals surface area (Å²) in [4.78, 5) is 27.7. The second-order valence-corrected chi connectivity index (χ2v) is 11.1. The fourth-order valence-corrected chi connectivity index (χ4v) is 4.67. The molecule has 2 aromatic rings. The molecule has 0 radical (unpaired) electrons. The molecule has 1 atom stereocenters. The lowest BCUT2D eigenvalue weighted by Gasteiger charge is -2.31. The first-order valence-electron chi connectivity index (χ1n) is 11.3. The van der Waals surface area contributed by atoms with Crippen LogP contribution < -0.4 is 19.1 Å². The van der Waals surface area contributed by atoms with Gasteiger partial charge in [-0.3, -0.25) is 13.9 Å². The van der Waals surface area contributed by atoms with Crippen molar-refractivity contribution in [1.29, 1.82) is 0 Å². The molecule has 3 rings (SSSR count). The van der Waals surface area contributed by atoms with Gasteiger partial charge in [0.15, 0.2) is 11.5 Å². The third kappa shape index (κ3) is 7.11. The average molecular weight is 568 g/mol. The van der Waals surface area contributed by atoms with Crippen LogP contribution in [0, 0.1) is 0 Å². The maximum atomic E-state index is 13.5. The molecule has 0 spiro atoms. The van der Waals surface area contributed by atoms with Gasteiger partial charge in [0, 0.05) is 23.6 Å². The lowest BCUT2D eigenvalue weighted by molar-refractivity contribution is -0.139. The number of benzene rings is 2. The van der Waals surface area contributed by atoms with E-state index in [2.05, 4.69) is 21.2 Å². The third-order valence-electron chi connectivity index (χ3n) is 5.59. The lowest BCUT2D eigenvalue weighted by atomic mass is 10.1. The Morgan fingerprint density at radius 3 is 2.46 bits per heavy atom. The minimum atomic E-state index is -3.82. The van der Waals surface area contributed by atoms with Crippen molar-refractivity contribution in [3.63, 3.8) is 0 Å². The lowest BCUT2D eigenvalue weighted by Crippen LogP contribution is -2.51. The predicted molar refractivity (Wildman–Crippen MR) is 137 cm³/mol. The highest BCUT2D eigenvalue weighted by Gasteiger charge is 2.30. The quantitative estimate of drug-likeness (QED) is 0.418. The molecule has 0 aromatic heterocycles. The Hall–Kier alpha value is -2.79. The van der Waals surface area contributed by atoms with Gasteiger partial charge in [-0.15, -0.1) is 0 Å². The summed E-state index contributed by atoms with van der Waals surface area (Å²) in [6.07, 6.45) is 2.78. The van der Waals surface area contributed by atoms with Crippen molar-refractivity contribution in [2.24, 2.45) is 0 Å². The summed E-state index contributed by atoms with van der Waals surface area (Å²) in [7, 11) is -3.82. The number of ether oxygens (including phenoxy) is 2. The molecule has 1 heterocycles. The van der Waals surface area contributed by atoms with Crippen molar-refractivity contribution in [3.05, 3.63) is 52.5 Å². The predicted octanol–water partition coefficient (Wildman–Crippen LogP) is 3.28. The zero-order valence-electron chi connectivity index (χ0n) is 20.0. The van der Waals surface area contributed by atoms with Crippen molar-refractivity contribution in [2.75, 3.05) is 30.4 Å². The van der Waals surface area contributed by atoms with Crippen LogP contribution in [0.15, 0.2) is 46.9 Å². The van der Waals surface area contributed by atoms with Gasteiger partial charge in [-0.1, -0.05) is 41.4 Å². The van der Waals surface area contributed by atoms with Gasteiger partial charge < -0.3 is 19.7 Å². The highest BCUT2D eigenvalue weighted by atomic mass is 79.9. The molecule has 1 N–H and O–H groups in total. The minimum absolute atomic E-state index is 0.0439. The van der Waals surface area contributed by atoms with Gasteiger partial charge in [-0.05, 0) is 43.2 Å². The summed E-state index contributed by atoms with van der Waals surface area (Å²) in [5.41, 5.74) is 1.08. The summed E-state index contributed by atoms with van der Waals surface area (Å²) in [6, 6.07) is 11.3. The molecule has 0 bridgehead atoms. The maximum Gasteiger partial charge on any atom is 0.244 e. The van der Waals surface area contributed by atoms with Gasteiger partial charge in [0.25, 0.3) is 0 Å². The topological polar surface area (TPSA) is 105 Å². The van der Waals surface area contributed by atoms with E-state index in [1.54, 1.807) is 19.1 Å². The summed E-state index contributed by atoms with van der Waals surface area (Å²) < 4.78 is 37.9. The zero-order chi connectivity index (χ0) is 25.6. The number of unbranched alkanes of at least 4 members (excludes halogenated alkanes) is 1. The molecule has 190 valence electrons. The summed E-state index contributed by atoms with van der Waals surface area (Å²) >= 11 is 3.39. The van der Waals surface area contributed by atoms with E-state index in [1.807, 2.05) is 31.2 Å². The van der Waals surface area contributed by atoms with Gasteiger partial charge in [-0.25, -0.2) is 8.42 Å². The van der Waals surface area contributed by atoms with Crippen LogP contribution in [0.3, 0.4) is 0 Å². The highest BCUT2D eigenvalue weighted by molar-refractivity contribution is 9.10. The van der Waals surface area contributed by atoms with Crippen molar-refractivity contribution in [3.8, 4) is 11.5 Å². The monoisotopic (exact) mass is 567 g/mol. The van der Waals surface area contributed by atoms with Gasteiger partial charge in [0.05, 0.1) is 11.9 Å². The molecule has 2 aromatic carbocycles. The van der Waals surface area contributed by atoms with Crippen LogP contribution in [-0.2, 0) is 26.2 Å². The van der Waals surface area contributed by atoms with Crippen molar-refractivity contribution in [2.45, 2.75) is 39.3 Å². The molecule has 0 unspecified atom stereocenters. The number of sulfonamides is 1. The van der Waals surface area contributed by atoms with Gasteiger partial charge in [0.2, 0.25) is 28.6 Å². The van der Waals surface area contributed by atoms with Crippen molar-refractivity contribution >= 4 is 43.5 Å². The molecule has 1 aliphatic heterocycles. The number of anilines is 1. The van der Waals surface area contributed by atoms with Crippen LogP contribution in [0.25, 0.3) is 0 Å². The van der Waals surface area contributed by atoms with Gasteiger partial charge in [0.1, 0.15) is 12.6 Å². The number of rotatable bonds is 11. The van der Waals surface area contributed by atoms with E-state index < -0.39 is 28.5 Å². The Labute approximate surface area is 214 Å². The van der Waals surface area contributed by atoms with Crippen LogP contribution in [0.4, 0.5) is 5.69 Å². The van der Waals surface area contributed by atoms with Crippen molar-refractivity contribution < 1.29 is 27.5 Å². The Kier molecular flexibility index (Phi) is 9.01.